The zero-order valence-corrected chi connectivity index (χ0v) is 17.9. The van der Waals surface area contributed by atoms with E-state index in [4.69, 9.17) is 30.0 Å². The van der Waals surface area contributed by atoms with E-state index in [0.717, 1.165) is 17.8 Å². The first-order chi connectivity index (χ1) is 11.3. The Bertz CT molecular complexity index is 221. The Morgan fingerprint density at radius 1 is 0.615 bits per heavy atom. The van der Waals surface area contributed by atoms with Crippen LogP contribution in [0.5, 0.6) is 0 Å². The van der Waals surface area contributed by atoms with E-state index in [2.05, 4.69) is 62.3 Å². The molecule has 26 heavy (non-hydrogen) atoms. The number of rotatable bonds is 5. The normalized spacial score (nSPS) is 8.31. The summed E-state index contributed by atoms with van der Waals surface area (Å²) in [6.07, 6.45) is 3.05. The summed E-state index contributed by atoms with van der Waals surface area (Å²) in [6.45, 7) is 20.1. The van der Waals surface area contributed by atoms with Crippen LogP contribution < -0.4 is 0 Å². The highest BCUT2D eigenvalue weighted by Crippen LogP contribution is 2.01. The number of carbonyl (C=O) groups is 2. The molecule has 0 aliphatic rings. The molecule has 0 saturated carbocycles. The Morgan fingerprint density at radius 2 is 0.769 bits per heavy atom. The van der Waals surface area contributed by atoms with Crippen molar-refractivity contribution >= 4 is 12.3 Å². The smallest absolute Gasteiger partial charge is 0.450 e. The SMILES string of the molecule is C.CCC(C)C.CCCC(C)C.CCCC(C)C.O=C(O)O.O=C(O)O. The van der Waals surface area contributed by atoms with Crippen molar-refractivity contribution in [1.82, 2.24) is 0 Å². The topological polar surface area (TPSA) is 115 Å². The van der Waals surface area contributed by atoms with Crippen molar-refractivity contribution in [3.8, 4) is 0 Å². The second-order valence-electron chi connectivity index (χ2n) is 6.73. The van der Waals surface area contributed by atoms with Crippen LogP contribution in [-0.4, -0.2) is 32.7 Å². The standard InChI is InChI=1S/2C6H14.C5H12.2CH2O3.CH4/c2*1-4-5-6(2)3;1-4-5(2)3;2*2-1(3)4;/h2*6H,4-5H2,1-3H3;5H,4H2,1-3H3;2*(H2,2,3,4);1H4. The second-order valence-corrected chi connectivity index (χ2v) is 6.73. The first-order valence-electron chi connectivity index (χ1n) is 9.11. The van der Waals surface area contributed by atoms with E-state index in [1.807, 2.05) is 0 Å². The van der Waals surface area contributed by atoms with E-state index in [1.54, 1.807) is 0 Å². The highest BCUT2D eigenvalue weighted by atomic mass is 16.6. The summed E-state index contributed by atoms with van der Waals surface area (Å²) in [6, 6.07) is 0. The third kappa shape index (κ3) is 245. The van der Waals surface area contributed by atoms with E-state index < -0.39 is 12.3 Å². The molecule has 0 aliphatic carbocycles. The van der Waals surface area contributed by atoms with E-state index in [-0.39, 0.29) is 7.43 Å². The van der Waals surface area contributed by atoms with Crippen molar-refractivity contribution < 1.29 is 30.0 Å². The van der Waals surface area contributed by atoms with E-state index in [0.29, 0.717) is 0 Å². The molecule has 0 rings (SSSR count). The summed E-state index contributed by atoms with van der Waals surface area (Å²) >= 11 is 0. The van der Waals surface area contributed by atoms with Crippen LogP contribution in [0.15, 0.2) is 0 Å². The summed E-state index contributed by atoms with van der Waals surface area (Å²) in [5, 5.41) is 27.9. The first kappa shape index (κ1) is 39.6. The average Bonchev–Trinajstić information content (AvgIpc) is 2.38. The fourth-order valence-corrected chi connectivity index (χ4v) is 1.15. The number of hydrogen-bond donors (Lipinski definition) is 4. The fourth-order valence-electron chi connectivity index (χ4n) is 1.15. The van der Waals surface area contributed by atoms with Gasteiger partial charge in [0.25, 0.3) is 0 Å². The van der Waals surface area contributed by atoms with Crippen molar-refractivity contribution in [2.24, 2.45) is 17.8 Å². The van der Waals surface area contributed by atoms with Gasteiger partial charge in [0.15, 0.2) is 0 Å². The molecule has 164 valence electrons. The lowest BCUT2D eigenvalue weighted by Crippen LogP contribution is -1.81. The molecule has 0 aliphatic heterocycles. The van der Waals surface area contributed by atoms with Crippen molar-refractivity contribution in [3.63, 3.8) is 0 Å². The molecule has 0 saturated heterocycles. The minimum absolute atomic E-state index is 0. The van der Waals surface area contributed by atoms with Crippen molar-refractivity contribution in [1.29, 1.82) is 0 Å². The molecule has 0 heterocycles. The molecule has 0 bridgehead atoms. The molecule has 0 aromatic heterocycles. The first-order valence-corrected chi connectivity index (χ1v) is 9.11. The van der Waals surface area contributed by atoms with Crippen molar-refractivity contribution in [2.75, 3.05) is 0 Å². The van der Waals surface area contributed by atoms with Crippen LogP contribution in [0.4, 0.5) is 9.59 Å². The fraction of sp³-hybridized carbons (Fsp3) is 0.900. The number of carboxylic acid groups (broad SMARTS) is 4. The van der Waals surface area contributed by atoms with Gasteiger partial charge in [0.2, 0.25) is 0 Å². The van der Waals surface area contributed by atoms with Crippen LogP contribution >= 0.6 is 0 Å². The average molecular weight is 385 g/mol. The zero-order chi connectivity index (χ0) is 21.4. The zero-order valence-electron chi connectivity index (χ0n) is 17.9. The summed E-state index contributed by atoms with van der Waals surface area (Å²) in [5.74, 6) is 2.68. The predicted molar refractivity (Wildman–Crippen MR) is 113 cm³/mol. The van der Waals surface area contributed by atoms with Crippen molar-refractivity contribution in [2.45, 2.75) is 102 Å². The lowest BCUT2D eigenvalue weighted by atomic mass is 10.1. The van der Waals surface area contributed by atoms with Gasteiger partial charge in [-0.1, -0.05) is 102 Å². The second kappa shape index (κ2) is 34.8. The summed E-state index contributed by atoms with van der Waals surface area (Å²) in [7, 11) is 0. The molecule has 6 heteroatoms. The molecule has 6 nitrogen and oxygen atoms in total. The van der Waals surface area contributed by atoms with Crippen molar-refractivity contribution in [3.05, 3.63) is 0 Å². The van der Waals surface area contributed by atoms with E-state index in [9.17, 15) is 0 Å². The van der Waals surface area contributed by atoms with E-state index in [1.165, 1.54) is 32.1 Å². The minimum Gasteiger partial charge on any atom is -0.450 e. The minimum atomic E-state index is -1.83. The Balaban J connectivity index is -0.0000000482. The van der Waals surface area contributed by atoms with Gasteiger partial charge in [-0.3, -0.25) is 0 Å². The Morgan fingerprint density at radius 3 is 0.769 bits per heavy atom. The predicted octanol–water partition coefficient (Wildman–Crippen LogP) is 8.02. The Kier molecular flexibility index (Phi) is 52.9. The molecule has 0 spiro atoms. The van der Waals surface area contributed by atoms with Crippen LogP contribution in [0.3, 0.4) is 0 Å². The lowest BCUT2D eigenvalue weighted by molar-refractivity contribution is 0.135. The third-order valence-corrected chi connectivity index (χ3v) is 2.55. The molecule has 0 atom stereocenters. The van der Waals surface area contributed by atoms with Gasteiger partial charge in [0.05, 0.1) is 0 Å². The van der Waals surface area contributed by atoms with Gasteiger partial charge in [0, 0.05) is 0 Å². The molecule has 4 N–H and O–H groups in total. The molecule has 0 radical (unpaired) electrons. The highest BCUT2D eigenvalue weighted by Gasteiger charge is 1.86. The van der Waals surface area contributed by atoms with Gasteiger partial charge in [-0.15, -0.1) is 0 Å². The Hall–Kier alpha value is -1.46. The van der Waals surface area contributed by atoms with E-state index >= 15 is 0 Å². The number of hydrogen-bond acceptors (Lipinski definition) is 2. The molecular formula is C20H48O6. The molecule has 0 amide bonds. The quantitative estimate of drug-likeness (QED) is 0.381. The van der Waals surface area contributed by atoms with Crippen LogP contribution in [0.2, 0.25) is 0 Å². The molecular weight excluding hydrogens is 336 g/mol. The largest absolute Gasteiger partial charge is 0.503 e. The van der Waals surface area contributed by atoms with Gasteiger partial charge in [-0.2, -0.15) is 0 Å². The van der Waals surface area contributed by atoms with Crippen LogP contribution in [-0.2, 0) is 0 Å². The highest BCUT2D eigenvalue weighted by molar-refractivity contribution is 5.53. The van der Waals surface area contributed by atoms with Crippen LogP contribution in [0.25, 0.3) is 0 Å². The molecule has 0 aromatic carbocycles. The van der Waals surface area contributed by atoms with Gasteiger partial charge >= 0.3 is 12.3 Å². The van der Waals surface area contributed by atoms with Gasteiger partial charge in [0.1, 0.15) is 0 Å². The van der Waals surface area contributed by atoms with Crippen LogP contribution in [0, 0.1) is 17.8 Å². The van der Waals surface area contributed by atoms with Gasteiger partial charge in [-0.25, -0.2) is 9.59 Å². The maximum Gasteiger partial charge on any atom is 0.503 e. The molecule has 0 unspecified atom stereocenters. The summed E-state index contributed by atoms with van der Waals surface area (Å²) in [4.78, 5) is 17.1. The van der Waals surface area contributed by atoms with Gasteiger partial charge in [-0.05, 0) is 17.8 Å². The van der Waals surface area contributed by atoms with Gasteiger partial charge < -0.3 is 20.4 Å². The summed E-state index contributed by atoms with van der Waals surface area (Å²) in [5.41, 5.74) is 0. The summed E-state index contributed by atoms with van der Waals surface area (Å²) < 4.78 is 0. The molecule has 0 aromatic rings. The van der Waals surface area contributed by atoms with Crippen LogP contribution in [0.1, 0.15) is 102 Å². The monoisotopic (exact) mass is 384 g/mol. The molecule has 0 fully saturated rings. The Labute approximate surface area is 162 Å². The maximum absolute atomic E-state index is 8.56. The lowest BCUT2D eigenvalue weighted by Gasteiger charge is -1.95. The third-order valence-electron chi connectivity index (χ3n) is 2.55. The maximum atomic E-state index is 8.56.